The Kier molecular flexibility index (Phi) is 2.46. The van der Waals surface area contributed by atoms with E-state index >= 15 is 0 Å². The van der Waals surface area contributed by atoms with E-state index in [9.17, 15) is 0 Å². The number of nitrogens with zero attached hydrogens (tertiary/aromatic N) is 2. The summed E-state index contributed by atoms with van der Waals surface area (Å²) < 4.78 is 7.35. The highest BCUT2D eigenvalue weighted by Crippen LogP contribution is 2.21. The van der Waals surface area contributed by atoms with Crippen molar-refractivity contribution in [2.45, 2.75) is 13.8 Å². The quantitative estimate of drug-likeness (QED) is 0.748. The van der Waals surface area contributed by atoms with Gasteiger partial charge in [0.2, 0.25) is 5.88 Å². The Morgan fingerprint density at radius 2 is 1.80 bits per heavy atom. The maximum Gasteiger partial charge on any atom is 0.238 e. The maximum atomic E-state index is 5.63. The normalized spacial score (nSPS) is 10.3. The van der Waals surface area contributed by atoms with Crippen LogP contribution in [0.5, 0.6) is 11.6 Å². The number of aryl methyl sites for hydroxylation is 3. The molecule has 0 aliphatic rings. The van der Waals surface area contributed by atoms with Crippen molar-refractivity contribution in [2.24, 2.45) is 7.05 Å². The third-order valence-corrected chi connectivity index (χ3v) is 2.11. The molecular formula is C12H14N2O. The molecular weight excluding hydrogens is 188 g/mol. The number of benzene rings is 1. The standard InChI is InChI=1S/C12H14N2O/c1-9-6-10(2)8-11(7-9)15-12-4-5-14(3)13-12/h4-8H,1-3H3. The zero-order chi connectivity index (χ0) is 10.8. The topological polar surface area (TPSA) is 27.1 Å². The fourth-order valence-electron chi connectivity index (χ4n) is 1.56. The van der Waals surface area contributed by atoms with E-state index in [2.05, 4.69) is 25.0 Å². The molecule has 0 amide bonds. The van der Waals surface area contributed by atoms with Gasteiger partial charge in [0.25, 0.3) is 0 Å². The highest BCUT2D eigenvalue weighted by Gasteiger charge is 2.01. The van der Waals surface area contributed by atoms with Crippen molar-refractivity contribution in [3.05, 3.63) is 41.6 Å². The minimum Gasteiger partial charge on any atom is -0.438 e. The Morgan fingerprint density at radius 1 is 1.13 bits per heavy atom. The first kappa shape index (κ1) is 9.77. The Labute approximate surface area is 89.3 Å². The molecule has 0 aliphatic carbocycles. The van der Waals surface area contributed by atoms with Crippen molar-refractivity contribution >= 4 is 0 Å². The average Bonchev–Trinajstić information content (AvgIpc) is 2.49. The predicted molar refractivity (Wildman–Crippen MR) is 59.2 cm³/mol. The van der Waals surface area contributed by atoms with Gasteiger partial charge in [0.1, 0.15) is 5.75 Å². The van der Waals surface area contributed by atoms with Crippen molar-refractivity contribution < 1.29 is 4.74 Å². The van der Waals surface area contributed by atoms with Gasteiger partial charge in [-0.1, -0.05) is 6.07 Å². The minimum atomic E-state index is 0.627. The molecule has 0 radical (unpaired) electrons. The van der Waals surface area contributed by atoms with Gasteiger partial charge in [0.15, 0.2) is 0 Å². The van der Waals surface area contributed by atoms with Gasteiger partial charge in [-0.25, -0.2) is 0 Å². The van der Waals surface area contributed by atoms with E-state index in [0.717, 1.165) is 5.75 Å². The molecule has 0 unspecified atom stereocenters. The third-order valence-electron chi connectivity index (χ3n) is 2.11. The first-order valence-corrected chi connectivity index (χ1v) is 4.89. The molecule has 78 valence electrons. The van der Waals surface area contributed by atoms with E-state index < -0.39 is 0 Å². The van der Waals surface area contributed by atoms with Crippen LogP contribution in [0.3, 0.4) is 0 Å². The van der Waals surface area contributed by atoms with Crippen LogP contribution in [0.25, 0.3) is 0 Å². The lowest BCUT2D eigenvalue weighted by Crippen LogP contribution is -1.90. The molecule has 0 N–H and O–H groups in total. The molecule has 0 fully saturated rings. The molecule has 0 atom stereocenters. The monoisotopic (exact) mass is 202 g/mol. The molecule has 1 aromatic heterocycles. The zero-order valence-corrected chi connectivity index (χ0v) is 9.19. The summed E-state index contributed by atoms with van der Waals surface area (Å²) in [6, 6.07) is 7.96. The van der Waals surface area contributed by atoms with Gasteiger partial charge in [-0.05, 0) is 37.1 Å². The summed E-state index contributed by atoms with van der Waals surface area (Å²) >= 11 is 0. The van der Waals surface area contributed by atoms with Crippen LogP contribution in [-0.2, 0) is 7.05 Å². The number of aromatic nitrogens is 2. The predicted octanol–water partition coefficient (Wildman–Crippen LogP) is 2.83. The Hall–Kier alpha value is -1.77. The van der Waals surface area contributed by atoms with Gasteiger partial charge in [-0.15, -0.1) is 5.10 Å². The van der Waals surface area contributed by atoms with Crippen LogP contribution in [0.4, 0.5) is 0 Å². The van der Waals surface area contributed by atoms with Crippen molar-refractivity contribution in [3.63, 3.8) is 0 Å². The number of hydrogen-bond acceptors (Lipinski definition) is 2. The van der Waals surface area contributed by atoms with Crippen molar-refractivity contribution in [3.8, 4) is 11.6 Å². The van der Waals surface area contributed by atoms with Crippen LogP contribution in [0.15, 0.2) is 30.5 Å². The SMILES string of the molecule is Cc1cc(C)cc(Oc2ccn(C)n2)c1. The molecule has 0 saturated carbocycles. The van der Waals surface area contributed by atoms with E-state index in [1.54, 1.807) is 4.68 Å². The molecule has 3 heteroatoms. The van der Waals surface area contributed by atoms with Crippen LogP contribution in [0.1, 0.15) is 11.1 Å². The van der Waals surface area contributed by atoms with Crippen molar-refractivity contribution in [2.75, 3.05) is 0 Å². The van der Waals surface area contributed by atoms with Gasteiger partial charge in [0, 0.05) is 19.3 Å². The molecule has 15 heavy (non-hydrogen) atoms. The Morgan fingerprint density at radius 3 is 2.33 bits per heavy atom. The van der Waals surface area contributed by atoms with Gasteiger partial charge in [-0.2, -0.15) is 0 Å². The van der Waals surface area contributed by atoms with Gasteiger partial charge < -0.3 is 4.74 Å². The lowest BCUT2D eigenvalue weighted by molar-refractivity contribution is 0.453. The number of rotatable bonds is 2. The van der Waals surface area contributed by atoms with Gasteiger partial charge >= 0.3 is 0 Å². The van der Waals surface area contributed by atoms with Crippen LogP contribution in [0.2, 0.25) is 0 Å². The van der Waals surface area contributed by atoms with Crippen molar-refractivity contribution in [1.29, 1.82) is 0 Å². The lowest BCUT2D eigenvalue weighted by atomic mass is 10.1. The van der Waals surface area contributed by atoms with Crippen LogP contribution < -0.4 is 4.74 Å². The fourth-order valence-corrected chi connectivity index (χ4v) is 1.56. The number of ether oxygens (including phenoxy) is 1. The summed E-state index contributed by atoms with van der Waals surface area (Å²) in [5, 5.41) is 4.16. The molecule has 0 spiro atoms. The molecule has 0 saturated heterocycles. The second-order valence-corrected chi connectivity index (χ2v) is 3.75. The Bertz CT molecular complexity index is 454. The Balaban J connectivity index is 2.24. The second-order valence-electron chi connectivity index (χ2n) is 3.75. The highest BCUT2D eigenvalue weighted by atomic mass is 16.5. The zero-order valence-electron chi connectivity index (χ0n) is 9.19. The maximum absolute atomic E-state index is 5.63. The highest BCUT2D eigenvalue weighted by molar-refractivity contribution is 5.35. The van der Waals surface area contributed by atoms with E-state index in [-0.39, 0.29) is 0 Å². The number of hydrogen-bond donors (Lipinski definition) is 0. The summed E-state index contributed by atoms with van der Waals surface area (Å²) in [4.78, 5) is 0. The van der Waals surface area contributed by atoms with Gasteiger partial charge in [-0.3, -0.25) is 4.68 Å². The second kappa shape index (κ2) is 3.77. The summed E-state index contributed by atoms with van der Waals surface area (Å²) in [6.45, 7) is 4.11. The first-order chi connectivity index (χ1) is 7.13. The molecule has 1 heterocycles. The molecule has 3 nitrogen and oxygen atoms in total. The van der Waals surface area contributed by atoms with Crippen molar-refractivity contribution in [1.82, 2.24) is 9.78 Å². The minimum absolute atomic E-state index is 0.627. The van der Waals surface area contributed by atoms with Crippen LogP contribution in [0, 0.1) is 13.8 Å². The summed E-state index contributed by atoms with van der Waals surface area (Å²) in [7, 11) is 1.87. The largest absolute Gasteiger partial charge is 0.438 e. The molecule has 2 aromatic rings. The summed E-state index contributed by atoms with van der Waals surface area (Å²) in [6.07, 6.45) is 1.86. The van der Waals surface area contributed by atoms with E-state index in [1.807, 2.05) is 31.4 Å². The first-order valence-electron chi connectivity index (χ1n) is 4.89. The van der Waals surface area contributed by atoms with E-state index in [0.29, 0.717) is 5.88 Å². The molecule has 0 aliphatic heterocycles. The molecule has 2 rings (SSSR count). The fraction of sp³-hybridized carbons (Fsp3) is 0.250. The summed E-state index contributed by atoms with van der Waals surface area (Å²) in [5.74, 6) is 1.47. The smallest absolute Gasteiger partial charge is 0.238 e. The van der Waals surface area contributed by atoms with Crippen LogP contribution in [-0.4, -0.2) is 9.78 Å². The summed E-state index contributed by atoms with van der Waals surface area (Å²) in [5.41, 5.74) is 2.39. The average molecular weight is 202 g/mol. The third kappa shape index (κ3) is 2.37. The lowest BCUT2D eigenvalue weighted by Gasteiger charge is -2.04. The van der Waals surface area contributed by atoms with E-state index in [4.69, 9.17) is 4.74 Å². The van der Waals surface area contributed by atoms with Crippen LogP contribution >= 0.6 is 0 Å². The van der Waals surface area contributed by atoms with E-state index in [1.165, 1.54) is 11.1 Å². The molecule has 0 bridgehead atoms. The van der Waals surface area contributed by atoms with Gasteiger partial charge in [0.05, 0.1) is 0 Å². The molecule has 1 aromatic carbocycles.